The molecule has 3 heteroatoms. The van der Waals surface area contributed by atoms with Crippen molar-refractivity contribution in [2.75, 3.05) is 12.4 Å². The molecule has 0 saturated carbocycles. The topological polar surface area (TPSA) is 32.3 Å². The van der Waals surface area contributed by atoms with Gasteiger partial charge in [-0.3, -0.25) is 0 Å². The Labute approximate surface area is 86.5 Å². The standard InChI is InChI=1S/C10H23NOS/c1-8(6-12)11-9(2)7-13-10(3,4)5/h8-9,11-12H,6-7H2,1-5H3/t8-,9?/m0/s1. The van der Waals surface area contributed by atoms with E-state index in [0.29, 0.717) is 10.8 Å². The maximum absolute atomic E-state index is 8.84. The third kappa shape index (κ3) is 8.60. The van der Waals surface area contributed by atoms with Crippen LogP contribution in [0.2, 0.25) is 0 Å². The molecule has 2 N–H and O–H groups in total. The van der Waals surface area contributed by atoms with E-state index in [9.17, 15) is 0 Å². The number of aliphatic hydroxyl groups is 1. The molecule has 80 valence electrons. The smallest absolute Gasteiger partial charge is 0.0582 e. The molecule has 1 unspecified atom stereocenters. The van der Waals surface area contributed by atoms with Crippen molar-refractivity contribution in [2.24, 2.45) is 0 Å². The fourth-order valence-corrected chi connectivity index (χ4v) is 1.81. The van der Waals surface area contributed by atoms with Gasteiger partial charge in [0.25, 0.3) is 0 Å². The largest absolute Gasteiger partial charge is 0.395 e. The molecule has 0 radical (unpaired) electrons. The maximum atomic E-state index is 8.84. The fourth-order valence-electron chi connectivity index (χ4n) is 0.962. The highest BCUT2D eigenvalue weighted by molar-refractivity contribution is 8.00. The summed E-state index contributed by atoms with van der Waals surface area (Å²) >= 11 is 1.95. The van der Waals surface area contributed by atoms with E-state index in [2.05, 4.69) is 33.0 Å². The molecule has 0 aromatic rings. The highest BCUT2D eigenvalue weighted by Gasteiger charge is 2.13. The average Bonchev–Trinajstić information content (AvgIpc) is 1.99. The van der Waals surface area contributed by atoms with Gasteiger partial charge >= 0.3 is 0 Å². The summed E-state index contributed by atoms with van der Waals surface area (Å²) in [7, 11) is 0. The van der Waals surface area contributed by atoms with Crippen molar-refractivity contribution in [3.63, 3.8) is 0 Å². The number of rotatable bonds is 5. The molecular weight excluding hydrogens is 182 g/mol. The number of hydrogen-bond acceptors (Lipinski definition) is 3. The molecule has 0 aliphatic carbocycles. The Morgan fingerprint density at radius 3 is 2.15 bits per heavy atom. The Morgan fingerprint density at radius 1 is 1.23 bits per heavy atom. The highest BCUT2D eigenvalue weighted by Crippen LogP contribution is 2.23. The first-order valence-electron chi connectivity index (χ1n) is 4.86. The number of thioether (sulfide) groups is 1. The van der Waals surface area contributed by atoms with E-state index in [4.69, 9.17) is 5.11 Å². The van der Waals surface area contributed by atoms with E-state index < -0.39 is 0 Å². The summed E-state index contributed by atoms with van der Waals surface area (Å²) in [5.41, 5.74) is 0. The second-order valence-electron chi connectivity index (χ2n) is 4.57. The average molecular weight is 205 g/mol. The lowest BCUT2D eigenvalue weighted by Gasteiger charge is -2.23. The minimum absolute atomic E-state index is 0.204. The number of nitrogens with one attached hydrogen (secondary N) is 1. The van der Waals surface area contributed by atoms with E-state index >= 15 is 0 Å². The van der Waals surface area contributed by atoms with Gasteiger partial charge in [-0.2, -0.15) is 11.8 Å². The van der Waals surface area contributed by atoms with E-state index in [-0.39, 0.29) is 12.6 Å². The summed E-state index contributed by atoms with van der Waals surface area (Å²) in [5.74, 6) is 1.09. The molecule has 0 amide bonds. The zero-order valence-corrected chi connectivity index (χ0v) is 10.2. The van der Waals surface area contributed by atoms with Gasteiger partial charge in [-0.15, -0.1) is 0 Å². The van der Waals surface area contributed by atoms with Crippen molar-refractivity contribution in [3.05, 3.63) is 0 Å². The van der Waals surface area contributed by atoms with Gasteiger partial charge in [-0.1, -0.05) is 20.8 Å². The van der Waals surface area contributed by atoms with Gasteiger partial charge in [0, 0.05) is 22.6 Å². The van der Waals surface area contributed by atoms with Crippen molar-refractivity contribution < 1.29 is 5.11 Å². The summed E-state index contributed by atoms with van der Waals surface area (Å²) < 4.78 is 0.332. The first kappa shape index (κ1) is 13.3. The second kappa shape index (κ2) is 5.89. The fraction of sp³-hybridized carbons (Fsp3) is 1.00. The van der Waals surface area contributed by atoms with Crippen LogP contribution in [0.4, 0.5) is 0 Å². The van der Waals surface area contributed by atoms with Crippen LogP contribution in [0.3, 0.4) is 0 Å². The summed E-state index contributed by atoms with van der Waals surface area (Å²) in [5, 5.41) is 12.2. The number of aliphatic hydroxyl groups excluding tert-OH is 1. The van der Waals surface area contributed by atoms with Crippen LogP contribution in [-0.2, 0) is 0 Å². The SMILES string of the molecule is CC(CSC(C)(C)C)N[C@@H](C)CO. The molecule has 0 bridgehead atoms. The molecule has 0 saturated heterocycles. The minimum atomic E-state index is 0.204. The summed E-state index contributed by atoms with van der Waals surface area (Å²) in [6.07, 6.45) is 0. The zero-order chi connectivity index (χ0) is 10.5. The predicted molar refractivity (Wildman–Crippen MR) is 61.4 cm³/mol. The van der Waals surface area contributed by atoms with Gasteiger partial charge < -0.3 is 10.4 Å². The van der Waals surface area contributed by atoms with Gasteiger partial charge in [0.05, 0.1) is 6.61 Å². The Hall–Kier alpha value is 0.270. The summed E-state index contributed by atoms with van der Waals surface area (Å²) in [6.45, 7) is 11.0. The summed E-state index contributed by atoms with van der Waals surface area (Å²) in [6, 6.07) is 0.668. The third-order valence-corrected chi connectivity index (χ3v) is 3.14. The molecule has 13 heavy (non-hydrogen) atoms. The molecule has 2 atom stereocenters. The van der Waals surface area contributed by atoms with Crippen LogP contribution in [0.15, 0.2) is 0 Å². The monoisotopic (exact) mass is 205 g/mol. The molecule has 0 aromatic carbocycles. The van der Waals surface area contributed by atoms with Crippen LogP contribution in [0, 0.1) is 0 Å². The van der Waals surface area contributed by atoms with Crippen LogP contribution in [0.25, 0.3) is 0 Å². The lowest BCUT2D eigenvalue weighted by atomic mass is 10.3. The zero-order valence-electron chi connectivity index (χ0n) is 9.42. The molecule has 0 rings (SSSR count). The summed E-state index contributed by atoms with van der Waals surface area (Å²) in [4.78, 5) is 0. The predicted octanol–water partition coefficient (Wildman–Crippen LogP) is 1.88. The van der Waals surface area contributed by atoms with Crippen LogP contribution < -0.4 is 5.32 Å². The highest BCUT2D eigenvalue weighted by atomic mass is 32.2. The van der Waals surface area contributed by atoms with Gasteiger partial charge in [0.15, 0.2) is 0 Å². The van der Waals surface area contributed by atoms with Gasteiger partial charge in [-0.05, 0) is 13.8 Å². The van der Waals surface area contributed by atoms with E-state index in [1.165, 1.54) is 0 Å². The molecule has 0 aromatic heterocycles. The maximum Gasteiger partial charge on any atom is 0.0582 e. The lowest BCUT2D eigenvalue weighted by Crippen LogP contribution is -2.38. The third-order valence-electron chi connectivity index (χ3n) is 1.61. The van der Waals surface area contributed by atoms with Crippen molar-refractivity contribution in [3.8, 4) is 0 Å². The molecule has 0 spiro atoms. The molecule has 0 heterocycles. The van der Waals surface area contributed by atoms with Crippen molar-refractivity contribution in [2.45, 2.75) is 51.4 Å². The van der Waals surface area contributed by atoms with Gasteiger partial charge in [0.1, 0.15) is 0 Å². The van der Waals surface area contributed by atoms with Crippen molar-refractivity contribution in [1.82, 2.24) is 5.32 Å². The van der Waals surface area contributed by atoms with Crippen LogP contribution in [-0.4, -0.2) is 34.3 Å². The van der Waals surface area contributed by atoms with E-state index in [1.807, 2.05) is 18.7 Å². The lowest BCUT2D eigenvalue weighted by molar-refractivity contribution is 0.245. The molecule has 0 fully saturated rings. The van der Waals surface area contributed by atoms with E-state index in [1.54, 1.807) is 0 Å². The van der Waals surface area contributed by atoms with Crippen LogP contribution in [0.1, 0.15) is 34.6 Å². The van der Waals surface area contributed by atoms with Gasteiger partial charge in [0.2, 0.25) is 0 Å². The second-order valence-corrected chi connectivity index (χ2v) is 6.42. The van der Waals surface area contributed by atoms with Crippen LogP contribution >= 0.6 is 11.8 Å². The Morgan fingerprint density at radius 2 is 1.77 bits per heavy atom. The van der Waals surface area contributed by atoms with E-state index in [0.717, 1.165) is 5.75 Å². The Kier molecular flexibility index (Phi) is 6.01. The van der Waals surface area contributed by atoms with Crippen molar-refractivity contribution in [1.29, 1.82) is 0 Å². The quantitative estimate of drug-likeness (QED) is 0.719. The molecule has 2 nitrogen and oxygen atoms in total. The molecule has 0 aliphatic heterocycles. The minimum Gasteiger partial charge on any atom is -0.395 e. The Balaban J connectivity index is 3.57. The first-order valence-corrected chi connectivity index (χ1v) is 5.84. The number of hydrogen-bond donors (Lipinski definition) is 2. The molecular formula is C10H23NOS. The Bertz CT molecular complexity index is 133. The van der Waals surface area contributed by atoms with Crippen molar-refractivity contribution >= 4 is 11.8 Å². The van der Waals surface area contributed by atoms with Crippen LogP contribution in [0.5, 0.6) is 0 Å². The first-order chi connectivity index (χ1) is 5.85. The normalized spacial score (nSPS) is 17.1. The molecule has 0 aliphatic rings. The van der Waals surface area contributed by atoms with Gasteiger partial charge in [-0.25, -0.2) is 0 Å².